The lowest BCUT2D eigenvalue weighted by Gasteiger charge is -2.62. The molecule has 2 N–H and O–H groups in total. The molecule has 0 atom stereocenters. The van der Waals surface area contributed by atoms with Gasteiger partial charge in [0.15, 0.2) is 0 Å². The highest BCUT2D eigenvalue weighted by atomic mass is 16.3. The van der Waals surface area contributed by atoms with Gasteiger partial charge in [-0.05, 0) is 117 Å². The number of hydrogen-bond donors (Lipinski definition) is 2. The van der Waals surface area contributed by atoms with E-state index in [0.29, 0.717) is 22.5 Å². The highest BCUT2D eigenvalue weighted by Gasteiger charge is 2.43. The molecule has 0 aliphatic heterocycles. The summed E-state index contributed by atoms with van der Waals surface area (Å²) in [5, 5.41) is 45.6. The van der Waals surface area contributed by atoms with Gasteiger partial charge in [0.1, 0.15) is 0 Å². The van der Waals surface area contributed by atoms with E-state index in [-0.39, 0.29) is 11.8 Å². The highest BCUT2D eigenvalue weighted by Crippen LogP contribution is 2.55. The first-order chi connectivity index (χ1) is 35.1. The Morgan fingerprint density at radius 3 is 0.972 bits per heavy atom. The summed E-state index contributed by atoms with van der Waals surface area (Å²) in [7, 11) is 0. The van der Waals surface area contributed by atoms with Crippen molar-refractivity contribution in [3.05, 3.63) is 96.1 Å². The van der Waals surface area contributed by atoms with Gasteiger partial charge in [0.25, 0.3) is 0 Å². The molecule has 0 bridgehead atoms. The molecule has 8 nitrogen and oxygen atoms in total. The van der Waals surface area contributed by atoms with E-state index in [1.165, 1.54) is 90.9 Å². The molecule has 0 saturated heterocycles. The van der Waals surface area contributed by atoms with Crippen molar-refractivity contribution in [3.63, 3.8) is 0 Å². The summed E-state index contributed by atoms with van der Waals surface area (Å²) in [6, 6.07) is 29.6. The van der Waals surface area contributed by atoms with E-state index in [1.54, 1.807) is 0 Å². The van der Waals surface area contributed by atoms with Gasteiger partial charge in [-0.2, -0.15) is 0 Å². The second-order valence-electron chi connectivity index (χ2n) is 21.2. The summed E-state index contributed by atoms with van der Waals surface area (Å²) in [6.07, 6.45) is 20.6. The summed E-state index contributed by atoms with van der Waals surface area (Å²) < 4.78 is 0. The number of carbonyl (C=O) groups is 2. The van der Waals surface area contributed by atoms with Crippen LogP contribution in [-0.2, 0) is 9.59 Å². The van der Waals surface area contributed by atoms with Gasteiger partial charge in [0.2, 0.25) is 11.8 Å². The van der Waals surface area contributed by atoms with Gasteiger partial charge in [-0.1, -0.05) is 179 Å². The van der Waals surface area contributed by atoms with Crippen molar-refractivity contribution >= 4 is 77.7 Å². The lowest BCUT2D eigenvalue weighted by Crippen LogP contribution is -2.64. The summed E-state index contributed by atoms with van der Waals surface area (Å²) in [6.45, 7) is 15.6. The first-order valence-electron chi connectivity index (χ1n) is 28.4. The van der Waals surface area contributed by atoms with Crippen LogP contribution in [0.15, 0.2) is 84.9 Å². The fourth-order valence-electron chi connectivity index (χ4n) is 11.7. The fourth-order valence-corrected chi connectivity index (χ4v) is 11.7. The summed E-state index contributed by atoms with van der Waals surface area (Å²) in [4.78, 5) is 31.6. The zero-order chi connectivity index (χ0) is 51.0. The highest BCUT2D eigenvalue weighted by molar-refractivity contribution is 6.11. The van der Waals surface area contributed by atoms with Crippen LogP contribution in [0, 0.1) is 0 Å². The molecule has 1 saturated carbocycles. The summed E-state index contributed by atoms with van der Waals surface area (Å²) in [5.74, 6) is -2.38. The van der Waals surface area contributed by atoms with Crippen molar-refractivity contribution in [2.75, 3.05) is 46.6 Å². The van der Waals surface area contributed by atoms with Crippen molar-refractivity contribution in [3.8, 4) is 0 Å². The van der Waals surface area contributed by atoms with Gasteiger partial charge in [-0.25, -0.2) is 0 Å². The van der Waals surface area contributed by atoms with Crippen LogP contribution in [0.3, 0.4) is 0 Å². The Labute approximate surface area is 432 Å². The average Bonchev–Trinajstić information content (AvgIpc) is 3.37. The third-order valence-electron chi connectivity index (χ3n) is 15.6. The predicted molar refractivity (Wildman–Crippen MR) is 304 cm³/mol. The Bertz CT molecular complexity index is 2490. The van der Waals surface area contributed by atoms with Crippen LogP contribution in [0.4, 0.5) is 22.7 Å². The van der Waals surface area contributed by atoms with Crippen LogP contribution < -0.4 is 30.6 Å². The van der Waals surface area contributed by atoms with E-state index >= 15 is 10.2 Å². The zero-order valence-electron chi connectivity index (χ0n) is 44.9. The number of rotatable bonds is 30. The molecular weight excluding hydrogens is 889 g/mol. The minimum Gasteiger partial charge on any atom is -0.851 e. The van der Waals surface area contributed by atoms with E-state index in [0.717, 1.165) is 132 Å². The number of anilines is 4. The normalized spacial score (nSPS) is 16.7. The van der Waals surface area contributed by atoms with Crippen LogP contribution in [0.2, 0.25) is 0 Å². The average molecular weight is 975 g/mol. The van der Waals surface area contributed by atoms with Crippen LogP contribution in [0.25, 0.3) is 43.1 Å². The van der Waals surface area contributed by atoms with Crippen LogP contribution in [0.5, 0.6) is 0 Å². The van der Waals surface area contributed by atoms with Crippen LogP contribution >= 0.6 is 0 Å². The van der Waals surface area contributed by atoms with E-state index in [1.807, 2.05) is 12.1 Å². The Morgan fingerprint density at radius 1 is 0.417 bits per heavy atom. The first kappa shape index (κ1) is 54.6. The zero-order valence-corrected chi connectivity index (χ0v) is 44.9. The molecule has 0 radical (unpaired) electrons. The molecule has 0 aromatic heterocycles. The minimum absolute atomic E-state index is 0.240. The number of carbonyl (C=O) groups excluding carboxylic acids is 2. The summed E-state index contributed by atoms with van der Waals surface area (Å²) >= 11 is 0. The smallest absolute Gasteiger partial charge is 0.221 e. The van der Waals surface area contributed by atoms with Gasteiger partial charge in [0.05, 0.1) is 0 Å². The number of fused-ring (bicyclic) bond motifs is 4. The maximum atomic E-state index is 15.6. The molecule has 1 fully saturated rings. The van der Waals surface area contributed by atoms with Crippen molar-refractivity contribution in [1.29, 1.82) is 0 Å². The molecule has 1 aliphatic rings. The Kier molecular flexibility index (Phi) is 20.6. The molecule has 7 rings (SSSR count). The van der Waals surface area contributed by atoms with Gasteiger partial charge in [-0.3, -0.25) is 9.59 Å². The molecule has 6 aromatic carbocycles. The Balaban J connectivity index is 1.38. The van der Waals surface area contributed by atoms with Gasteiger partial charge in [-0.15, -0.1) is 12.2 Å². The number of unbranched alkanes of at least 4 members (excludes halogenated alkanes) is 16. The van der Waals surface area contributed by atoms with Crippen molar-refractivity contribution < 1.29 is 19.8 Å². The molecular formula is C64H86N4O4-2. The lowest BCUT2D eigenvalue weighted by molar-refractivity contribution is -0.535. The van der Waals surface area contributed by atoms with Gasteiger partial charge in [0, 0.05) is 73.5 Å². The van der Waals surface area contributed by atoms with Crippen LogP contribution in [-0.4, -0.2) is 50.2 Å². The van der Waals surface area contributed by atoms with E-state index in [9.17, 15) is 9.59 Å². The number of nitrogens with zero attached hydrogens (tertiary/aromatic N) is 2. The van der Waals surface area contributed by atoms with Crippen LogP contribution in [0.1, 0.15) is 193 Å². The number of hydrogen-bond acceptors (Lipinski definition) is 6. The second-order valence-corrected chi connectivity index (χ2v) is 21.2. The molecule has 6 aromatic rings. The first-order valence-corrected chi connectivity index (χ1v) is 28.4. The number of amides is 2. The van der Waals surface area contributed by atoms with Crippen molar-refractivity contribution in [1.82, 2.24) is 0 Å². The molecule has 0 spiro atoms. The quantitative estimate of drug-likeness (QED) is 0.0344. The fraction of sp³-hybridized carbons (Fsp3) is 0.531. The minimum atomic E-state index is -1.35. The van der Waals surface area contributed by atoms with E-state index in [2.05, 4.69) is 121 Å². The molecule has 8 heteroatoms. The topological polar surface area (TPSA) is 111 Å². The molecule has 1 aliphatic carbocycles. The maximum Gasteiger partial charge on any atom is 0.221 e. The third-order valence-corrected chi connectivity index (χ3v) is 15.6. The Hall–Kier alpha value is -5.18. The molecule has 72 heavy (non-hydrogen) atoms. The molecule has 2 amide bonds. The van der Waals surface area contributed by atoms with Crippen molar-refractivity contribution in [2.24, 2.45) is 0 Å². The number of benzene rings is 6. The van der Waals surface area contributed by atoms with E-state index in [4.69, 9.17) is 0 Å². The molecule has 0 heterocycles. The second kappa shape index (κ2) is 27.2. The van der Waals surface area contributed by atoms with E-state index < -0.39 is 24.0 Å². The standard InChI is InChI=1S/C64H86N4O4/c1-7-11-15-19-27-35-67(36-28-20-16-12-8-2)57-43-55(65-45(5)69)59(53-41-49-33-25-23-31-47(49)39-51(53)57)61-63(71)62(64(61)72)60-54-42-50-34-26-24-32-48(50)40-52(54)58(44-56(60)66-46(6)70)68(37-29-21-17-13-9-3)38-30-22-18-14-10-4/h23-26,31-34,39-44,61-64H,7-22,27-30,35-38H2,1-6H3,(H,65,69)(H,66,70)/q-2. The molecule has 0 unspecified atom stereocenters. The maximum absolute atomic E-state index is 15.6. The van der Waals surface area contributed by atoms with Gasteiger partial charge < -0.3 is 30.6 Å². The summed E-state index contributed by atoms with van der Waals surface area (Å²) in [5.41, 5.74) is 4.43. The van der Waals surface area contributed by atoms with Gasteiger partial charge >= 0.3 is 0 Å². The molecule has 388 valence electrons. The Morgan fingerprint density at radius 2 is 0.694 bits per heavy atom. The largest absolute Gasteiger partial charge is 0.851 e. The third kappa shape index (κ3) is 13.3. The SMILES string of the molecule is CCCCCCCN(CCCCCCC)c1cc(NC(C)=O)c(C2C([O-])C(c3c(NC(C)=O)cc(N(CCCCCCC)CCCCCCC)c4cc5ccccc5cc34)C2[O-])c2cc3ccccc3cc12. The predicted octanol–water partition coefficient (Wildman–Crippen LogP) is 15.0. The van der Waals surface area contributed by atoms with Crippen molar-refractivity contribution in [2.45, 2.75) is 194 Å². The monoisotopic (exact) mass is 975 g/mol. The lowest BCUT2D eigenvalue weighted by atomic mass is 9.61. The number of nitrogens with one attached hydrogen (secondary N) is 2.